The van der Waals surface area contributed by atoms with Crippen molar-refractivity contribution in [1.82, 2.24) is 4.90 Å². The quantitative estimate of drug-likeness (QED) is 0.867. The number of nitrogens with zero attached hydrogens (tertiary/aromatic N) is 1. The second-order valence-electron chi connectivity index (χ2n) is 5.61. The molecule has 1 aliphatic rings. The van der Waals surface area contributed by atoms with Gasteiger partial charge >= 0.3 is 0 Å². The minimum Gasteiger partial charge on any atom is -0.494 e. The van der Waals surface area contributed by atoms with Gasteiger partial charge in [-0.15, -0.1) is 0 Å². The number of hydrogen-bond acceptors (Lipinski definition) is 3. The first-order valence-electron chi connectivity index (χ1n) is 7.95. The first kappa shape index (κ1) is 15.3. The summed E-state index contributed by atoms with van der Waals surface area (Å²) in [6.07, 6.45) is 3.89. The van der Waals surface area contributed by atoms with E-state index in [1.807, 2.05) is 13.0 Å². The Morgan fingerprint density at radius 2 is 1.95 bits per heavy atom. The molecule has 1 aliphatic heterocycles. The molecule has 0 spiro atoms. The van der Waals surface area contributed by atoms with Gasteiger partial charge in [0.1, 0.15) is 5.75 Å². The Labute approximate surface area is 123 Å². The molecule has 1 saturated heterocycles. The third-order valence-corrected chi connectivity index (χ3v) is 4.47. The lowest BCUT2D eigenvalue weighted by Crippen LogP contribution is -2.39. The summed E-state index contributed by atoms with van der Waals surface area (Å²) in [7, 11) is 0. The van der Waals surface area contributed by atoms with E-state index in [0.29, 0.717) is 13.2 Å². The summed E-state index contributed by atoms with van der Waals surface area (Å²) in [6.45, 7) is 7.99. The van der Waals surface area contributed by atoms with E-state index in [4.69, 9.17) is 10.5 Å². The maximum absolute atomic E-state index is 6.07. The minimum absolute atomic E-state index is 0.288. The summed E-state index contributed by atoms with van der Waals surface area (Å²) in [5.74, 6) is 1.88. The molecule has 1 aromatic carbocycles. The molecule has 3 nitrogen and oxygen atoms in total. The lowest BCUT2D eigenvalue weighted by Gasteiger charge is -2.37. The van der Waals surface area contributed by atoms with Gasteiger partial charge in [0.2, 0.25) is 0 Å². The molecule has 112 valence electrons. The van der Waals surface area contributed by atoms with Crippen LogP contribution in [0.25, 0.3) is 0 Å². The van der Waals surface area contributed by atoms with Gasteiger partial charge < -0.3 is 10.5 Å². The SMILES string of the molecule is CCOc1ccccc1C(CN)N1CCC(CC)CC1. The maximum atomic E-state index is 6.07. The van der Waals surface area contributed by atoms with E-state index in [2.05, 4.69) is 30.0 Å². The predicted octanol–water partition coefficient (Wildman–Crippen LogP) is 3.21. The Morgan fingerprint density at radius 1 is 1.25 bits per heavy atom. The van der Waals surface area contributed by atoms with Crippen LogP contribution in [0, 0.1) is 5.92 Å². The Kier molecular flexibility index (Phi) is 5.86. The minimum atomic E-state index is 0.288. The van der Waals surface area contributed by atoms with E-state index >= 15 is 0 Å². The molecule has 2 N–H and O–H groups in total. The molecular weight excluding hydrogens is 248 g/mol. The molecule has 3 heteroatoms. The average molecular weight is 276 g/mol. The highest BCUT2D eigenvalue weighted by atomic mass is 16.5. The van der Waals surface area contributed by atoms with Crippen LogP contribution in [0.5, 0.6) is 5.75 Å². The average Bonchev–Trinajstić information content (AvgIpc) is 2.51. The van der Waals surface area contributed by atoms with Crippen LogP contribution >= 0.6 is 0 Å². The first-order valence-corrected chi connectivity index (χ1v) is 7.95. The van der Waals surface area contributed by atoms with E-state index in [-0.39, 0.29) is 6.04 Å². The van der Waals surface area contributed by atoms with Gasteiger partial charge in [0.15, 0.2) is 0 Å². The number of benzene rings is 1. The van der Waals surface area contributed by atoms with Gasteiger partial charge in [-0.1, -0.05) is 31.5 Å². The zero-order valence-corrected chi connectivity index (χ0v) is 12.8. The Bertz CT molecular complexity index is 400. The standard InChI is InChI=1S/C17H28N2O/c1-3-14-9-11-19(12-10-14)16(13-18)15-7-5-6-8-17(15)20-4-2/h5-8,14,16H,3-4,9-13,18H2,1-2H3. The summed E-state index contributed by atoms with van der Waals surface area (Å²) in [6, 6.07) is 8.62. The van der Waals surface area contributed by atoms with Gasteiger partial charge in [-0.25, -0.2) is 0 Å². The van der Waals surface area contributed by atoms with Crippen molar-refractivity contribution >= 4 is 0 Å². The van der Waals surface area contributed by atoms with Crippen LogP contribution < -0.4 is 10.5 Å². The fraction of sp³-hybridized carbons (Fsp3) is 0.647. The molecular formula is C17H28N2O. The fourth-order valence-corrected chi connectivity index (χ4v) is 3.19. The summed E-state index contributed by atoms with van der Waals surface area (Å²) >= 11 is 0. The largest absolute Gasteiger partial charge is 0.494 e. The van der Waals surface area contributed by atoms with Crippen LogP contribution in [0.15, 0.2) is 24.3 Å². The molecule has 1 aromatic rings. The number of hydrogen-bond donors (Lipinski definition) is 1. The predicted molar refractivity (Wildman–Crippen MR) is 84.0 cm³/mol. The van der Waals surface area contributed by atoms with Crippen LogP contribution in [0.4, 0.5) is 0 Å². The van der Waals surface area contributed by atoms with Gasteiger partial charge in [0, 0.05) is 12.1 Å². The van der Waals surface area contributed by atoms with Crippen LogP contribution in [0.1, 0.15) is 44.7 Å². The number of rotatable bonds is 6. The lowest BCUT2D eigenvalue weighted by atomic mass is 9.92. The fourth-order valence-electron chi connectivity index (χ4n) is 3.19. The van der Waals surface area contributed by atoms with Crippen LogP contribution in [0.3, 0.4) is 0 Å². The van der Waals surface area contributed by atoms with Crippen LogP contribution in [0.2, 0.25) is 0 Å². The number of para-hydroxylation sites is 1. The van der Waals surface area contributed by atoms with Gasteiger partial charge in [-0.05, 0) is 44.8 Å². The van der Waals surface area contributed by atoms with E-state index in [1.54, 1.807) is 0 Å². The molecule has 0 aliphatic carbocycles. The molecule has 0 aromatic heterocycles. The topological polar surface area (TPSA) is 38.5 Å². The third-order valence-electron chi connectivity index (χ3n) is 4.47. The molecule has 1 fully saturated rings. The lowest BCUT2D eigenvalue weighted by molar-refractivity contribution is 0.131. The van der Waals surface area contributed by atoms with E-state index in [1.165, 1.54) is 24.8 Å². The molecule has 20 heavy (non-hydrogen) atoms. The highest BCUT2D eigenvalue weighted by molar-refractivity contribution is 5.36. The van der Waals surface area contributed by atoms with Crippen molar-refractivity contribution in [2.45, 2.75) is 39.2 Å². The van der Waals surface area contributed by atoms with Crippen molar-refractivity contribution in [3.8, 4) is 5.75 Å². The highest BCUT2D eigenvalue weighted by Crippen LogP contribution is 2.32. The zero-order valence-electron chi connectivity index (χ0n) is 12.8. The maximum Gasteiger partial charge on any atom is 0.124 e. The zero-order chi connectivity index (χ0) is 14.4. The van der Waals surface area contributed by atoms with E-state index in [0.717, 1.165) is 24.8 Å². The second kappa shape index (κ2) is 7.65. The normalized spacial score (nSPS) is 18.9. The molecule has 0 radical (unpaired) electrons. The number of likely N-dealkylation sites (tertiary alicyclic amines) is 1. The molecule has 0 saturated carbocycles. The molecule has 2 rings (SSSR count). The summed E-state index contributed by atoms with van der Waals surface area (Å²) in [5, 5.41) is 0. The van der Waals surface area contributed by atoms with Gasteiger partial charge in [0.25, 0.3) is 0 Å². The Balaban J connectivity index is 2.12. The third kappa shape index (κ3) is 3.53. The van der Waals surface area contributed by atoms with Crippen molar-refractivity contribution in [1.29, 1.82) is 0 Å². The van der Waals surface area contributed by atoms with Crippen molar-refractivity contribution < 1.29 is 4.74 Å². The number of piperidine rings is 1. The molecule has 0 amide bonds. The monoisotopic (exact) mass is 276 g/mol. The van der Waals surface area contributed by atoms with Gasteiger partial charge in [-0.3, -0.25) is 4.90 Å². The Hall–Kier alpha value is -1.06. The van der Waals surface area contributed by atoms with E-state index < -0.39 is 0 Å². The van der Waals surface area contributed by atoms with Crippen LogP contribution in [-0.2, 0) is 0 Å². The van der Waals surface area contributed by atoms with Gasteiger partial charge in [-0.2, -0.15) is 0 Å². The Morgan fingerprint density at radius 3 is 2.55 bits per heavy atom. The van der Waals surface area contributed by atoms with E-state index in [9.17, 15) is 0 Å². The second-order valence-corrected chi connectivity index (χ2v) is 5.61. The number of nitrogens with two attached hydrogens (primary N) is 1. The number of ether oxygens (including phenoxy) is 1. The summed E-state index contributed by atoms with van der Waals surface area (Å²) in [4.78, 5) is 2.53. The first-order chi connectivity index (χ1) is 9.80. The summed E-state index contributed by atoms with van der Waals surface area (Å²) < 4.78 is 5.77. The van der Waals surface area contributed by atoms with Crippen molar-refractivity contribution in [3.05, 3.63) is 29.8 Å². The molecule has 1 heterocycles. The highest BCUT2D eigenvalue weighted by Gasteiger charge is 2.26. The molecule has 0 bridgehead atoms. The van der Waals surface area contributed by atoms with Crippen molar-refractivity contribution in [2.24, 2.45) is 11.7 Å². The van der Waals surface area contributed by atoms with Gasteiger partial charge in [0.05, 0.1) is 12.6 Å². The molecule has 1 unspecified atom stereocenters. The smallest absolute Gasteiger partial charge is 0.124 e. The van der Waals surface area contributed by atoms with Crippen molar-refractivity contribution in [2.75, 3.05) is 26.2 Å². The summed E-state index contributed by atoms with van der Waals surface area (Å²) in [5.41, 5.74) is 7.31. The van der Waals surface area contributed by atoms with Crippen molar-refractivity contribution in [3.63, 3.8) is 0 Å². The van der Waals surface area contributed by atoms with Crippen LogP contribution in [-0.4, -0.2) is 31.1 Å². The molecule has 1 atom stereocenters.